The lowest BCUT2D eigenvalue weighted by atomic mass is 9.99. The summed E-state index contributed by atoms with van der Waals surface area (Å²) < 4.78 is 10.8. The van der Waals surface area contributed by atoms with E-state index in [1.54, 1.807) is 25.3 Å². The Labute approximate surface area is 114 Å². The first-order valence-corrected chi connectivity index (χ1v) is 6.32. The quantitative estimate of drug-likeness (QED) is 0.614. The molecule has 1 atom stereocenters. The average molecular weight is 269 g/mol. The third-order valence-electron chi connectivity index (χ3n) is 2.92. The van der Waals surface area contributed by atoms with E-state index in [0.29, 0.717) is 24.5 Å². The largest absolute Gasteiger partial charge is 0.493 e. The molecule has 0 heterocycles. The van der Waals surface area contributed by atoms with E-state index < -0.39 is 5.54 Å². The second-order valence-corrected chi connectivity index (χ2v) is 4.91. The van der Waals surface area contributed by atoms with Crippen LogP contribution in [0, 0.1) is 0 Å². The van der Waals surface area contributed by atoms with Crippen molar-refractivity contribution in [2.45, 2.75) is 31.9 Å². The maximum atomic E-state index is 9.05. The van der Waals surface area contributed by atoms with Gasteiger partial charge in [0, 0.05) is 5.54 Å². The molecule has 1 rings (SSSR count). The molecule has 0 radical (unpaired) electrons. The van der Waals surface area contributed by atoms with Crippen LogP contribution in [0.1, 0.15) is 25.3 Å². The zero-order chi connectivity index (χ0) is 14.3. The van der Waals surface area contributed by atoms with Crippen molar-refractivity contribution >= 4 is 0 Å². The standard InChI is InChI=1S/C14H23NO4/c1-14(15,10-17)6-3-7-19-12-5-4-11(9-16)8-13(12)18-2/h4-5,8,16-17H,3,6-7,9-10,15H2,1-2H3. The van der Waals surface area contributed by atoms with Gasteiger partial charge in [0.15, 0.2) is 11.5 Å². The zero-order valence-electron chi connectivity index (χ0n) is 11.6. The van der Waals surface area contributed by atoms with Crippen LogP contribution in [0.5, 0.6) is 11.5 Å². The smallest absolute Gasteiger partial charge is 0.161 e. The molecule has 0 aliphatic rings. The van der Waals surface area contributed by atoms with Gasteiger partial charge in [-0.25, -0.2) is 0 Å². The van der Waals surface area contributed by atoms with Gasteiger partial charge in [0.1, 0.15) is 0 Å². The van der Waals surface area contributed by atoms with Gasteiger partial charge in [-0.2, -0.15) is 0 Å². The van der Waals surface area contributed by atoms with Gasteiger partial charge in [0.25, 0.3) is 0 Å². The Bertz CT molecular complexity index is 393. The van der Waals surface area contributed by atoms with Gasteiger partial charge in [-0.15, -0.1) is 0 Å². The summed E-state index contributed by atoms with van der Waals surface area (Å²) >= 11 is 0. The topological polar surface area (TPSA) is 84.9 Å². The predicted octanol–water partition coefficient (Wildman–Crippen LogP) is 1.06. The van der Waals surface area contributed by atoms with Crippen LogP contribution >= 0.6 is 0 Å². The summed E-state index contributed by atoms with van der Waals surface area (Å²) in [6.07, 6.45) is 1.43. The van der Waals surface area contributed by atoms with E-state index in [1.165, 1.54) is 0 Å². The third-order valence-corrected chi connectivity index (χ3v) is 2.92. The van der Waals surface area contributed by atoms with Crippen LogP contribution in [-0.4, -0.2) is 36.1 Å². The number of methoxy groups -OCH3 is 1. The van der Waals surface area contributed by atoms with Gasteiger partial charge in [-0.05, 0) is 37.5 Å². The highest BCUT2D eigenvalue weighted by Crippen LogP contribution is 2.28. The molecule has 0 aliphatic heterocycles. The molecule has 0 saturated carbocycles. The average Bonchev–Trinajstić information content (AvgIpc) is 2.43. The molecule has 0 saturated heterocycles. The van der Waals surface area contributed by atoms with Gasteiger partial charge in [-0.1, -0.05) is 6.07 Å². The Balaban J connectivity index is 2.49. The molecule has 0 fully saturated rings. The molecule has 1 aromatic carbocycles. The Kier molecular flexibility index (Phi) is 6.08. The van der Waals surface area contributed by atoms with Crippen molar-refractivity contribution in [2.24, 2.45) is 5.73 Å². The minimum Gasteiger partial charge on any atom is -0.493 e. The van der Waals surface area contributed by atoms with Crippen LogP contribution in [0.15, 0.2) is 18.2 Å². The van der Waals surface area contributed by atoms with Gasteiger partial charge in [-0.3, -0.25) is 0 Å². The van der Waals surface area contributed by atoms with E-state index in [-0.39, 0.29) is 13.2 Å². The Morgan fingerprint density at radius 2 is 2.00 bits per heavy atom. The van der Waals surface area contributed by atoms with E-state index in [0.717, 1.165) is 12.0 Å². The SMILES string of the molecule is COc1cc(CO)ccc1OCCCC(C)(N)CO. The van der Waals surface area contributed by atoms with Gasteiger partial charge in [0.2, 0.25) is 0 Å². The van der Waals surface area contributed by atoms with E-state index >= 15 is 0 Å². The summed E-state index contributed by atoms with van der Waals surface area (Å²) in [6.45, 7) is 2.24. The molecule has 0 spiro atoms. The summed E-state index contributed by atoms with van der Waals surface area (Å²) in [5, 5.41) is 18.1. The number of benzene rings is 1. The molecular formula is C14H23NO4. The Morgan fingerprint density at radius 1 is 1.26 bits per heavy atom. The predicted molar refractivity (Wildman–Crippen MR) is 73.3 cm³/mol. The molecule has 5 nitrogen and oxygen atoms in total. The van der Waals surface area contributed by atoms with E-state index in [4.69, 9.17) is 25.4 Å². The van der Waals surface area contributed by atoms with Crippen LogP contribution < -0.4 is 15.2 Å². The van der Waals surface area contributed by atoms with Crippen molar-refractivity contribution in [3.8, 4) is 11.5 Å². The minimum atomic E-state index is -0.561. The van der Waals surface area contributed by atoms with Crippen molar-refractivity contribution in [1.82, 2.24) is 0 Å². The first-order chi connectivity index (χ1) is 9.02. The molecule has 0 amide bonds. The van der Waals surface area contributed by atoms with E-state index in [2.05, 4.69) is 0 Å². The Morgan fingerprint density at radius 3 is 2.58 bits per heavy atom. The lowest BCUT2D eigenvalue weighted by Gasteiger charge is -2.21. The number of ether oxygens (including phenoxy) is 2. The number of rotatable bonds is 8. The van der Waals surface area contributed by atoms with E-state index in [1.807, 2.05) is 6.92 Å². The second-order valence-electron chi connectivity index (χ2n) is 4.91. The molecule has 0 aliphatic carbocycles. The first-order valence-electron chi connectivity index (χ1n) is 6.32. The highest BCUT2D eigenvalue weighted by molar-refractivity contribution is 5.42. The molecule has 19 heavy (non-hydrogen) atoms. The Hall–Kier alpha value is -1.30. The number of hydrogen-bond acceptors (Lipinski definition) is 5. The normalized spacial score (nSPS) is 13.9. The fourth-order valence-electron chi connectivity index (χ4n) is 1.67. The second kappa shape index (κ2) is 7.33. The highest BCUT2D eigenvalue weighted by atomic mass is 16.5. The highest BCUT2D eigenvalue weighted by Gasteiger charge is 2.16. The van der Waals surface area contributed by atoms with Crippen molar-refractivity contribution in [3.63, 3.8) is 0 Å². The van der Waals surface area contributed by atoms with Crippen LogP contribution in [0.4, 0.5) is 0 Å². The van der Waals surface area contributed by atoms with Gasteiger partial charge >= 0.3 is 0 Å². The molecule has 5 heteroatoms. The number of hydrogen-bond donors (Lipinski definition) is 3. The summed E-state index contributed by atoms with van der Waals surface area (Å²) in [5.41, 5.74) is 6.05. The van der Waals surface area contributed by atoms with Crippen LogP contribution in [-0.2, 0) is 6.61 Å². The molecule has 1 aromatic rings. The minimum absolute atomic E-state index is 0.0291. The van der Waals surface area contributed by atoms with Crippen LogP contribution in [0.2, 0.25) is 0 Å². The van der Waals surface area contributed by atoms with Crippen molar-refractivity contribution < 1.29 is 19.7 Å². The fourth-order valence-corrected chi connectivity index (χ4v) is 1.67. The molecule has 0 aromatic heterocycles. The monoisotopic (exact) mass is 269 g/mol. The van der Waals surface area contributed by atoms with Crippen molar-refractivity contribution in [3.05, 3.63) is 23.8 Å². The maximum absolute atomic E-state index is 9.05. The van der Waals surface area contributed by atoms with Crippen molar-refractivity contribution in [1.29, 1.82) is 0 Å². The molecule has 0 bridgehead atoms. The molecule has 1 unspecified atom stereocenters. The summed E-state index contributed by atoms with van der Waals surface area (Å²) in [4.78, 5) is 0. The number of aliphatic hydroxyl groups excluding tert-OH is 2. The van der Waals surface area contributed by atoms with Gasteiger partial charge < -0.3 is 25.4 Å². The maximum Gasteiger partial charge on any atom is 0.161 e. The first kappa shape index (κ1) is 15.8. The number of nitrogens with two attached hydrogens (primary N) is 1. The summed E-state index contributed by atoms with van der Waals surface area (Å²) in [6, 6.07) is 5.31. The molecular weight excluding hydrogens is 246 g/mol. The summed E-state index contributed by atoms with van der Waals surface area (Å²) in [7, 11) is 1.56. The third kappa shape index (κ3) is 5.06. The molecule has 108 valence electrons. The lowest BCUT2D eigenvalue weighted by Crippen LogP contribution is -2.40. The molecule has 4 N–H and O–H groups in total. The zero-order valence-corrected chi connectivity index (χ0v) is 11.6. The van der Waals surface area contributed by atoms with Crippen LogP contribution in [0.25, 0.3) is 0 Å². The number of aliphatic hydroxyl groups is 2. The van der Waals surface area contributed by atoms with Gasteiger partial charge in [0.05, 0.1) is 26.9 Å². The van der Waals surface area contributed by atoms with Crippen LogP contribution in [0.3, 0.4) is 0 Å². The van der Waals surface area contributed by atoms with E-state index in [9.17, 15) is 0 Å². The lowest BCUT2D eigenvalue weighted by molar-refractivity contribution is 0.187. The fraction of sp³-hybridized carbons (Fsp3) is 0.571. The van der Waals surface area contributed by atoms with Crippen molar-refractivity contribution in [2.75, 3.05) is 20.3 Å². The summed E-state index contributed by atoms with van der Waals surface area (Å²) in [5.74, 6) is 1.24.